The molecule has 0 saturated carbocycles. The van der Waals surface area contributed by atoms with Gasteiger partial charge in [0.15, 0.2) is 11.5 Å². The van der Waals surface area contributed by atoms with Gasteiger partial charge in [-0.3, -0.25) is 4.79 Å². The minimum atomic E-state index is -0.0273. The van der Waals surface area contributed by atoms with E-state index in [2.05, 4.69) is 20.9 Å². The Morgan fingerprint density at radius 3 is 2.68 bits per heavy atom. The molecular weight excluding hydrogens is 388 g/mol. The summed E-state index contributed by atoms with van der Waals surface area (Å²) in [6.45, 7) is 1.13. The van der Waals surface area contributed by atoms with Crippen molar-refractivity contribution in [3.8, 4) is 17.4 Å². The fraction of sp³-hybridized carbons (Fsp3) is 0.333. The molecule has 1 aromatic carbocycles. The Morgan fingerprint density at radius 1 is 1.24 bits per heavy atom. The number of halogens is 1. The Kier molecular flexibility index (Phi) is 5.43. The van der Waals surface area contributed by atoms with E-state index < -0.39 is 0 Å². The molecule has 1 aliphatic heterocycles. The van der Waals surface area contributed by atoms with Gasteiger partial charge in [-0.05, 0) is 45.8 Å². The van der Waals surface area contributed by atoms with Crippen LogP contribution in [0.25, 0.3) is 0 Å². The highest BCUT2D eigenvalue weighted by molar-refractivity contribution is 9.10. The number of hydrogen-bond donors (Lipinski definition) is 0. The maximum absolute atomic E-state index is 12.4. The molecule has 1 saturated heterocycles. The highest BCUT2D eigenvalue weighted by Gasteiger charge is 2.32. The Bertz CT molecular complexity index is 762. The normalized spacial score (nSPS) is 14.0. The van der Waals surface area contributed by atoms with Gasteiger partial charge in [-0.25, -0.2) is 4.98 Å². The highest BCUT2D eigenvalue weighted by Crippen LogP contribution is 2.28. The van der Waals surface area contributed by atoms with E-state index in [9.17, 15) is 4.79 Å². The zero-order valence-electron chi connectivity index (χ0n) is 14.1. The molecule has 7 heteroatoms. The topological polar surface area (TPSA) is 60.9 Å². The molecule has 0 N–H and O–H groups in total. The molecule has 132 valence electrons. The molecule has 0 atom stereocenters. The van der Waals surface area contributed by atoms with Crippen molar-refractivity contribution >= 4 is 21.8 Å². The van der Waals surface area contributed by atoms with E-state index in [-0.39, 0.29) is 12.0 Å². The standard InChI is InChI=1S/C18H19BrN2O4/c1-23-15-6-5-12(8-16(15)24-2)9-17(22)21-10-13(11-21)25-18-14(19)4-3-7-20-18/h3-8,13H,9-11H2,1-2H3. The molecule has 2 aromatic rings. The van der Waals surface area contributed by atoms with Crippen LogP contribution >= 0.6 is 15.9 Å². The van der Waals surface area contributed by atoms with E-state index >= 15 is 0 Å². The van der Waals surface area contributed by atoms with Crippen LogP contribution in [0.15, 0.2) is 41.0 Å². The van der Waals surface area contributed by atoms with E-state index in [0.29, 0.717) is 36.9 Å². The lowest BCUT2D eigenvalue weighted by Crippen LogP contribution is -2.56. The molecule has 0 bridgehead atoms. The van der Waals surface area contributed by atoms with Crippen LogP contribution < -0.4 is 14.2 Å². The first-order valence-electron chi connectivity index (χ1n) is 7.86. The van der Waals surface area contributed by atoms with Crippen molar-refractivity contribution in [2.75, 3.05) is 27.3 Å². The predicted molar refractivity (Wildman–Crippen MR) is 96.2 cm³/mol. The minimum Gasteiger partial charge on any atom is -0.493 e. The van der Waals surface area contributed by atoms with E-state index in [4.69, 9.17) is 14.2 Å². The zero-order valence-corrected chi connectivity index (χ0v) is 15.7. The van der Waals surface area contributed by atoms with Crippen LogP contribution in [-0.4, -0.2) is 49.2 Å². The van der Waals surface area contributed by atoms with Crippen LogP contribution in [0.5, 0.6) is 17.4 Å². The van der Waals surface area contributed by atoms with E-state index in [1.165, 1.54) is 0 Å². The monoisotopic (exact) mass is 406 g/mol. The number of carbonyl (C=O) groups excluding carboxylic acids is 1. The van der Waals surface area contributed by atoms with Gasteiger partial charge in [0.25, 0.3) is 0 Å². The van der Waals surface area contributed by atoms with Crippen LogP contribution in [0, 0.1) is 0 Å². The first kappa shape index (κ1) is 17.5. The number of likely N-dealkylation sites (tertiary alicyclic amines) is 1. The quantitative estimate of drug-likeness (QED) is 0.737. The van der Waals surface area contributed by atoms with Gasteiger partial charge in [0, 0.05) is 6.20 Å². The largest absolute Gasteiger partial charge is 0.493 e. The van der Waals surface area contributed by atoms with Crippen LogP contribution in [0.4, 0.5) is 0 Å². The summed E-state index contributed by atoms with van der Waals surface area (Å²) in [5, 5.41) is 0. The number of aromatic nitrogens is 1. The summed E-state index contributed by atoms with van der Waals surface area (Å²) >= 11 is 3.40. The van der Waals surface area contributed by atoms with Crippen LogP contribution in [0.1, 0.15) is 5.56 Å². The van der Waals surface area contributed by atoms with E-state index in [1.807, 2.05) is 30.3 Å². The average molecular weight is 407 g/mol. The first-order chi connectivity index (χ1) is 12.1. The van der Waals surface area contributed by atoms with Crippen molar-refractivity contribution in [1.29, 1.82) is 0 Å². The van der Waals surface area contributed by atoms with Crippen molar-refractivity contribution in [2.24, 2.45) is 0 Å². The number of ether oxygens (including phenoxy) is 3. The fourth-order valence-corrected chi connectivity index (χ4v) is 2.96. The number of hydrogen-bond acceptors (Lipinski definition) is 5. The van der Waals surface area contributed by atoms with Gasteiger partial charge in [0.1, 0.15) is 6.10 Å². The second-order valence-electron chi connectivity index (χ2n) is 5.70. The van der Waals surface area contributed by atoms with Gasteiger partial charge >= 0.3 is 0 Å². The lowest BCUT2D eigenvalue weighted by molar-refractivity contribution is -0.139. The lowest BCUT2D eigenvalue weighted by atomic mass is 10.1. The van der Waals surface area contributed by atoms with Crippen LogP contribution in [0.3, 0.4) is 0 Å². The van der Waals surface area contributed by atoms with Crippen LogP contribution in [0.2, 0.25) is 0 Å². The third-order valence-electron chi connectivity index (χ3n) is 4.01. The summed E-state index contributed by atoms with van der Waals surface area (Å²) < 4.78 is 17.1. The third-order valence-corrected chi connectivity index (χ3v) is 4.61. The van der Waals surface area contributed by atoms with Crippen molar-refractivity contribution < 1.29 is 19.0 Å². The second kappa shape index (κ2) is 7.74. The average Bonchev–Trinajstić information content (AvgIpc) is 2.58. The number of pyridine rings is 1. The highest BCUT2D eigenvalue weighted by atomic mass is 79.9. The maximum atomic E-state index is 12.4. The molecule has 0 aliphatic carbocycles. The third kappa shape index (κ3) is 4.04. The summed E-state index contributed by atoms with van der Waals surface area (Å²) in [7, 11) is 3.17. The van der Waals surface area contributed by atoms with Gasteiger partial charge in [-0.2, -0.15) is 0 Å². The maximum Gasteiger partial charge on any atom is 0.228 e. The van der Waals surface area contributed by atoms with Crippen molar-refractivity contribution in [2.45, 2.75) is 12.5 Å². The van der Waals surface area contributed by atoms with Gasteiger partial charge in [-0.1, -0.05) is 6.07 Å². The molecule has 6 nitrogen and oxygen atoms in total. The Morgan fingerprint density at radius 2 is 2.00 bits per heavy atom. The minimum absolute atomic E-state index is 0.0273. The number of carbonyl (C=O) groups is 1. The Hall–Kier alpha value is -2.28. The first-order valence-corrected chi connectivity index (χ1v) is 8.66. The number of amides is 1. The molecule has 1 amide bonds. The molecule has 2 heterocycles. The van der Waals surface area contributed by atoms with Gasteiger partial charge in [0.2, 0.25) is 11.8 Å². The molecule has 1 aromatic heterocycles. The lowest BCUT2D eigenvalue weighted by Gasteiger charge is -2.38. The van der Waals surface area contributed by atoms with Gasteiger partial charge in [0.05, 0.1) is 38.2 Å². The second-order valence-corrected chi connectivity index (χ2v) is 6.55. The number of rotatable bonds is 6. The molecule has 0 spiro atoms. The number of benzene rings is 1. The van der Waals surface area contributed by atoms with Crippen molar-refractivity contribution in [3.05, 3.63) is 46.6 Å². The Labute approximate surface area is 154 Å². The summed E-state index contributed by atoms with van der Waals surface area (Å²) in [5.41, 5.74) is 0.888. The molecule has 0 unspecified atom stereocenters. The van der Waals surface area contributed by atoms with Gasteiger partial charge in [-0.15, -0.1) is 0 Å². The van der Waals surface area contributed by atoms with Crippen LogP contribution in [-0.2, 0) is 11.2 Å². The van der Waals surface area contributed by atoms with Crippen molar-refractivity contribution in [1.82, 2.24) is 9.88 Å². The number of methoxy groups -OCH3 is 2. The van der Waals surface area contributed by atoms with Crippen molar-refractivity contribution in [3.63, 3.8) is 0 Å². The molecule has 3 rings (SSSR count). The Balaban J connectivity index is 1.53. The molecule has 0 radical (unpaired) electrons. The van der Waals surface area contributed by atoms with E-state index in [0.717, 1.165) is 10.0 Å². The summed E-state index contributed by atoms with van der Waals surface area (Å²) in [6, 6.07) is 9.22. The molecule has 1 fully saturated rings. The smallest absolute Gasteiger partial charge is 0.228 e. The zero-order chi connectivity index (χ0) is 17.8. The SMILES string of the molecule is COc1ccc(CC(=O)N2CC(Oc3ncccc3Br)C2)cc1OC. The summed E-state index contributed by atoms with van der Waals surface area (Å²) in [6.07, 6.45) is 1.97. The fourth-order valence-electron chi connectivity index (χ4n) is 2.61. The molecule has 25 heavy (non-hydrogen) atoms. The van der Waals surface area contributed by atoms with E-state index in [1.54, 1.807) is 25.3 Å². The summed E-state index contributed by atoms with van der Waals surface area (Å²) in [5.74, 6) is 1.89. The van der Waals surface area contributed by atoms with Gasteiger partial charge < -0.3 is 19.1 Å². The predicted octanol–water partition coefficient (Wildman–Crippen LogP) is 2.69. The molecular formula is C18H19BrN2O4. The number of nitrogens with zero attached hydrogens (tertiary/aromatic N) is 2. The summed E-state index contributed by atoms with van der Waals surface area (Å²) in [4.78, 5) is 18.3. The molecule has 1 aliphatic rings.